The van der Waals surface area contributed by atoms with E-state index in [-0.39, 0.29) is 0 Å². The Labute approximate surface area is 118 Å². The van der Waals surface area contributed by atoms with Gasteiger partial charge in [0.2, 0.25) is 5.52 Å². The fourth-order valence-electron chi connectivity index (χ4n) is 3.00. The maximum absolute atomic E-state index is 7.94. The molecule has 5 rings (SSSR count). The summed E-state index contributed by atoms with van der Waals surface area (Å²) in [5, 5.41) is 0.813. The van der Waals surface area contributed by atoms with Crippen LogP contribution in [0.5, 0.6) is 0 Å². The molecule has 0 spiro atoms. The van der Waals surface area contributed by atoms with Gasteiger partial charge in [0.25, 0.3) is 5.82 Å². The van der Waals surface area contributed by atoms with Gasteiger partial charge in [-0.15, -0.1) is 0 Å². The molecule has 5 nitrogen and oxygen atoms in total. The van der Waals surface area contributed by atoms with Crippen LogP contribution in [0.2, 0.25) is 0 Å². The molecule has 0 saturated carbocycles. The summed E-state index contributed by atoms with van der Waals surface area (Å²) in [5.41, 5.74) is 3.61. The predicted molar refractivity (Wildman–Crippen MR) is 73.0 cm³/mol. The lowest BCUT2D eigenvalue weighted by Crippen LogP contribution is -2.29. The number of hydrogen-bond donors (Lipinski definition) is 0. The molecule has 0 bridgehead atoms. The first-order valence-electron chi connectivity index (χ1n) is 7.80. The summed E-state index contributed by atoms with van der Waals surface area (Å²) in [5.74, 6) is 0.604. The minimum Gasteiger partial charge on any atom is -0.419 e. The molecule has 4 aromatic heterocycles. The summed E-state index contributed by atoms with van der Waals surface area (Å²) in [6, 6.07) is 3.66. The van der Waals surface area contributed by atoms with Gasteiger partial charge in [0, 0.05) is 36.4 Å². The Morgan fingerprint density at radius 1 is 1.30 bits per heavy atom. The van der Waals surface area contributed by atoms with Crippen molar-refractivity contribution in [3.8, 4) is 11.4 Å². The lowest BCUT2D eigenvalue weighted by atomic mass is 10.2. The smallest absolute Gasteiger partial charge is 0.339 e. The zero-order valence-electron chi connectivity index (χ0n) is 13.4. The average Bonchev–Trinajstić information content (AvgIpc) is 3.12. The lowest BCUT2D eigenvalue weighted by Gasteiger charge is -1.93. The molecule has 0 amide bonds. The van der Waals surface area contributed by atoms with E-state index in [2.05, 4.69) is 9.97 Å². The Bertz CT molecular complexity index is 1090. The first-order chi connectivity index (χ1) is 11.1. The SMILES string of the molecule is [2H]C([2H])([2H])[n+]1c2n(c3c4cnccc4oc31)Cc1ccncc1-2. The van der Waals surface area contributed by atoms with Gasteiger partial charge < -0.3 is 4.42 Å². The van der Waals surface area contributed by atoms with Crippen LogP contribution in [0.1, 0.15) is 9.68 Å². The summed E-state index contributed by atoms with van der Waals surface area (Å²) < 4.78 is 32.9. The van der Waals surface area contributed by atoms with Crippen LogP contribution in [0.3, 0.4) is 0 Å². The molecule has 20 heavy (non-hydrogen) atoms. The van der Waals surface area contributed by atoms with Gasteiger partial charge in [0.1, 0.15) is 12.1 Å². The van der Waals surface area contributed by atoms with Crippen molar-refractivity contribution in [2.24, 2.45) is 6.98 Å². The Morgan fingerprint density at radius 2 is 2.20 bits per heavy atom. The number of imidazole rings is 1. The van der Waals surface area contributed by atoms with Gasteiger partial charge in [0.15, 0.2) is 0 Å². The highest BCUT2D eigenvalue weighted by Crippen LogP contribution is 2.36. The van der Waals surface area contributed by atoms with Crippen molar-refractivity contribution in [2.45, 2.75) is 6.54 Å². The molecular weight excluding hydrogens is 252 g/mol. The number of furan rings is 1. The number of nitrogens with zero attached hydrogens (tertiary/aromatic N) is 4. The largest absolute Gasteiger partial charge is 0.419 e. The molecule has 1 aliphatic rings. The third-order valence-electron chi connectivity index (χ3n) is 3.87. The topological polar surface area (TPSA) is 47.7 Å². The Kier molecular flexibility index (Phi) is 1.27. The first kappa shape index (κ1) is 7.79. The Morgan fingerprint density at radius 3 is 3.15 bits per heavy atom. The molecule has 0 radical (unpaired) electrons. The monoisotopic (exact) mass is 266 g/mol. The molecule has 0 N–H and O–H groups in total. The van der Waals surface area contributed by atoms with Crippen LogP contribution >= 0.6 is 0 Å². The quantitative estimate of drug-likeness (QED) is 0.403. The second kappa shape index (κ2) is 3.25. The van der Waals surface area contributed by atoms with Crippen LogP contribution < -0.4 is 4.57 Å². The lowest BCUT2D eigenvalue weighted by molar-refractivity contribution is -0.640. The number of fused-ring (bicyclic) bond motifs is 7. The van der Waals surface area contributed by atoms with Crippen molar-refractivity contribution >= 4 is 22.2 Å². The predicted octanol–water partition coefficient (Wildman–Crippen LogP) is 2.03. The van der Waals surface area contributed by atoms with Crippen molar-refractivity contribution < 1.29 is 13.1 Å². The number of rotatable bonds is 0. The summed E-state index contributed by atoms with van der Waals surface area (Å²) in [6.07, 6.45) is 6.76. The van der Waals surface area contributed by atoms with Crippen LogP contribution in [0.15, 0.2) is 41.3 Å². The highest BCUT2D eigenvalue weighted by Gasteiger charge is 2.35. The van der Waals surface area contributed by atoms with Crippen LogP contribution in [0.25, 0.3) is 33.6 Å². The van der Waals surface area contributed by atoms with E-state index in [1.165, 1.54) is 4.57 Å². The molecule has 0 fully saturated rings. The normalized spacial score (nSPS) is 15.9. The van der Waals surface area contributed by atoms with Crippen molar-refractivity contribution in [1.82, 2.24) is 14.5 Å². The van der Waals surface area contributed by atoms with Crippen LogP contribution in [0, 0.1) is 0 Å². The minimum atomic E-state index is -2.35. The van der Waals surface area contributed by atoms with Crippen molar-refractivity contribution in [2.75, 3.05) is 0 Å². The van der Waals surface area contributed by atoms with Gasteiger partial charge in [-0.05, 0) is 6.07 Å². The minimum absolute atomic E-state index is 0.345. The van der Waals surface area contributed by atoms with Crippen LogP contribution in [0.4, 0.5) is 0 Å². The molecule has 0 aromatic carbocycles. The molecule has 5 heterocycles. The number of aryl methyl sites for hydroxylation is 1. The second-order valence-electron chi connectivity index (χ2n) is 4.91. The van der Waals surface area contributed by atoms with E-state index < -0.39 is 6.98 Å². The van der Waals surface area contributed by atoms with Gasteiger partial charge in [-0.25, -0.2) is 4.57 Å². The molecule has 0 unspecified atom stereocenters. The first-order valence-corrected chi connectivity index (χ1v) is 6.30. The summed E-state index contributed by atoms with van der Waals surface area (Å²) >= 11 is 0. The Balaban J connectivity index is 2.01. The van der Waals surface area contributed by atoms with Crippen LogP contribution in [-0.2, 0) is 13.5 Å². The number of hydrogen-bond acceptors (Lipinski definition) is 3. The highest BCUT2D eigenvalue weighted by atomic mass is 16.3. The standard InChI is InChI=1S/C15H11N4O/c1-18-14-10-6-16-4-2-9(10)8-19(14)13-11-7-17-5-3-12(11)20-15(13)18/h2-7H,8H2,1H3/q+1/i1D3. The van der Waals surface area contributed by atoms with E-state index in [1.54, 1.807) is 30.9 Å². The molecule has 0 atom stereocenters. The Hall–Kier alpha value is -2.69. The number of aromatic nitrogens is 4. The van der Waals surface area contributed by atoms with E-state index in [9.17, 15) is 0 Å². The maximum atomic E-state index is 7.94. The number of pyridine rings is 2. The zero-order valence-corrected chi connectivity index (χ0v) is 10.4. The van der Waals surface area contributed by atoms with Crippen LogP contribution in [-0.4, -0.2) is 14.5 Å². The second-order valence-corrected chi connectivity index (χ2v) is 4.91. The molecule has 0 saturated heterocycles. The molecule has 4 aromatic rings. The van der Waals surface area contributed by atoms with Gasteiger partial charge in [-0.1, -0.05) is 0 Å². The summed E-state index contributed by atoms with van der Waals surface area (Å²) in [6.45, 7) is -1.76. The molecule has 5 heteroatoms. The molecule has 0 aliphatic carbocycles. The third kappa shape index (κ3) is 1.02. The molecular formula is C15H11N4O+. The van der Waals surface area contributed by atoms with E-state index >= 15 is 0 Å². The highest BCUT2D eigenvalue weighted by molar-refractivity contribution is 6.01. The fourth-order valence-corrected chi connectivity index (χ4v) is 3.00. The van der Waals surface area contributed by atoms with Crippen molar-refractivity contribution in [1.29, 1.82) is 0 Å². The van der Waals surface area contributed by atoms with Gasteiger partial charge in [-0.2, -0.15) is 4.57 Å². The maximum Gasteiger partial charge on any atom is 0.339 e. The molecule has 1 aliphatic heterocycles. The van der Waals surface area contributed by atoms with Crippen molar-refractivity contribution in [3.05, 3.63) is 42.5 Å². The van der Waals surface area contributed by atoms with E-state index in [4.69, 9.17) is 8.53 Å². The van der Waals surface area contributed by atoms with Gasteiger partial charge in [-0.3, -0.25) is 9.97 Å². The van der Waals surface area contributed by atoms with E-state index in [1.807, 2.05) is 10.6 Å². The van der Waals surface area contributed by atoms with Gasteiger partial charge >= 0.3 is 5.71 Å². The summed E-state index contributed by atoms with van der Waals surface area (Å²) in [4.78, 5) is 8.29. The van der Waals surface area contributed by atoms with E-state index in [0.717, 1.165) is 22.0 Å². The van der Waals surface area contributed by atoms with E-state index in [0.29, 0.717) is 23.7 Å². The fraction of sp³-hybridized carbons (Fsp3) is 0.133. The third-order valence-corrected chi connectivity index (χ3v) is 3.87. The molecule has 96 valence electrons. The average molecular weight is 266 g/mol. The van der Waals surface area contributed by atoms with Gasteiger partial charge in [0.05, 0.1) is 22.0 Å². The zero-order chi connectivity index (χ0) is 15.8. The summed E-state index contributed by atoms with van der Waals surface area (Å²) in [7, 11) is 0. The van der Waals surface area contributed by atoms with Crippen molar-refractivity contribution in [3.63, 3.8) is 0 Å².